The second kappa shape index (κ2) is 13.8. The molecule has 33 heavy (non-hydrogen) atoms. The van der Waals surface area contributed by atoms with Crippen molar-refractivity contribution in [3.05, 3.63) is 75.9 Å². The summed E-state index contributed by atoms with van der Waals surface area (Å²) in [5, 5.41) is 60.5. The molecule has 7 heteroatoms. The Morgan fingerprint density at radius 1 is 0.485 bits per heavy atom. The van der Waals surface area contributed by atoms with Gasteiger partial charge in [0.25, 0.3) is 0 Å². The fourth-order valence-electron chi connectivity index (χ4n) is 4.37. The van der Waals surface area contributed by atoms with E-state index in [-0.39, 0.29) is 12.8 Å². The SMILES string of the molecule is C=CCC(CC=C)(CC=C)CC(OC(CC(CC=C)(CC=C)CC=C)C(O)(O)O)C(O)(O)O. The van der Waals surface area contributed by atoms with E-state index in [4.69, 9.17) is 4.74 Å². The van der Waals surface area contributed by atoms with Crippen LogP contribution >= 0.6 is 0 Å². The van der Waals surface area contributed by atoms with Gasteiger partial charge in [-0.1, -0.05) is 36.5 Å². The van der Waals surface area contributed by atoms with Gasteiger partial charge in [0.1, 0.15) is 12.2 Å². The molecule has 0 spiro atoms. The summed E-state index contributed by atoms with van der Waals surface area (Å²) in [7, 11) is 0. The van der Waals surface area contributed by atoms with Crippen molar-refractivity contribution in [3.8, 4) is 0 Å². The minimum Gasteiger partial charge on any atom is -0.358 e. The first-order valence-electron chi connectivity index (χ1n) is 10.9. The minimum atomic E-state index is -3.34. The highest BCUT2D eigenvalue weighted by Crippen LogP contribution is 2.43. The molecule has 0 saturated carbocycles. The number of aliphatic hydroxyl groups is 6. The van der Waals surface area contributed by atoms with E-state index in [0.29, 0.717) is 38.5 Å². The van der Waals surface area contributed by atoms with E-state index in [9.17, 15) is 30.6 Å². The lowest BCUT2D eigenvalue weighted by Gasteiger charge is -2.42. The van der Waals surface area contributed by atoms with Gasteiger partial charge >= 0.3 is 11.9 Å². The normalized spacial score (nSPS) is 14.7. The van der Waals surface area contributed by atoms with Crippen molar-refractivity contribution in [2.45, 2.75) is 75.5 Å². The summed E-state index contributed by atoms with van der Waals surface area (Å²) < 4.78 is 5.66. The maximum absolute atomic E-state index is 10.1. The average Bonchev–Trinajstić information content (AvgIpc) is 2.66. The van der Waals surface area contributed by atoms with Crippen molar-refractivity contribution in [1.82, 2.24) is 0 Å². The van der Waals surface area contributed by atoms with E-state index in [2.05, 4.69) is 39.5 Å². The van der Waals surface area contributed by atoms with Gasteiger partial charge in [-0.05, 0) is 62.2 Å². The van der Waals surface area contributed by atoms with E-state index < -0.39 is 35.0 Å². The van der Waals surface area contributed by atoms with E-state index >= 15 is 0 Å². The lowest BCUT2D eigenvalue weighted by molar-refractivity contribution is -0.413. The van der Waals surface area contributed by atoms with Crippen LogP contribution in [-0.4, -0.2) is 54.8 Å². The van der Waals surface area contributed by atoms with Gasteiger partial charge in [-0.2, -0.15) is 0 Å². The van der Waals surface area contributed by atoms with Gasteiger partial charge in [0.05, 0.1) is 0 Å². The lowest BCUT2D eigenvalue weighted by atomic mass is 9.72. The van der Waals surface area contributed by atoms with E-state index in [0.717, 1.165) is 0 Å². The third-order valence-corrected chi connectivity index (χ3v) is 5.89. The zero-order chi connectivity index (χ0) is 25.8. The Kier molecular flexibility index (Phi) is 13.0. The summed E-state index contributed by atoms with van der Waals surface area (Å²) in [5.41, 5.74) is -1.38. The van der Waals surface area contributed by atoms with Crippen LogP contribution in [0.3, 0.4) is 0 Å². The van der Waals surface area contributed by atoms with Gasteiger partial charge < -0.3 is 35.4 Å². The molecule has 6 N–H and O–H groups in total. The fraction of sp³-hybridized carbons (Fsp3) is 0.538. The Hall–Kier alpha value is -1.84. The first kappa shape index (κ1) is 31.2. The molecule has 0 heterocycles. The van der Waals surface area contributed by atoms with E-state index in [1.165, 1.54) is 0 Å². The Balaban J connectivity index is 6.30. The van der Waals surface area contributed by atoms with Crippen LogP contribution in [0, 0.1) is 10.8 Å². The number of ether oxygens (including phenoxy) is 1. The summed E-state index contributed by atoms with van der Waals surface area (Å²) in [4.78, 5) is 0. The largest absolute Gasteiger partial charge is 0.358 e. The molecule has 0 aliphatic rings. The van der Waals surface area contributed by atoms with Crippen LogP contribution in [0.5, 0.6) is 0 Å². The van der Waals surface area contributed by atoms with Crippen LogP contribution in [0.1, 0.15) is 51.4 Å². The molecule has 0 radical (unpaired) electrons. The van der Waals surface area contributed by atoms with Crippen LogP contribution in [0.2, 0.25) is 0 Å². The van der Waals surface area contributed by atoms with Crippen LogP contribution in [0.25, 0.3) is 0 Å². The van der Waals surface area contributed by atoms with Crippen molar-refractivity contribution in [2.75, 3.05) is 0 Å². The van der Waals surface area contributed by atoms with E-state index in [1.54, 1.807) is 36.5 Å². The number of hydrogen-bond acceptors (Lipinski definition) is 7. The maximum atomic E-state index is 10.1. The van der Waals surface area contributed by atoms with Crippen LogP contribution in [0.4, 0.5) is 0 Å². The molecule has 0 amide bonds. The Morgan fingerprint density at radius 3 is 0.848 bits per heavy atom. The van der Waals surface area contributed by atoms with Gasteiger partial charge in [-0.25, -0.2) is 0 Å². The second-order valence-corrected chi connectivity index (χ2v) is 8.85. The van der Waals surface area contributed by atoms with Crippen LogP contribution < -0.4 is 0 Å². The molecule has 0 aromatic carbocycles. The summed E-state index contributed by atoms with van der Waals surface area (Å²) in [6.45, 7) is 22.5. The molecule has 0 aliphatic heterocycles. The Labute approximate surface area is 198 Å². The number of allylic oxidation sites excluding steroid dienone is 6. The molecule has 0 aromatic heterocycles. The summed E-state index contributed by atoms with van der Waals surface area (Å²) >= 11 is 0. The standard InChI is InChI=1S/C26H42O7/c1-7-13-23(14-8-2,15-9-3)19-21(25(27,28)29)33-22(26(30,31)32)20-24(16-10-4,17-11-5)18-12-6/h7-12,21-22,27-32H,1-6,13-20H2. The van der Waals surface area contributed by atoms with E-state index in [1.807, 2.05) is 0 Å². The third-order valence-electron chi connectivity index (χ3n) is 5.89. The monoisotopic (exact) mass is 466 g/mol. The highest BCUT2D eigenvalue weighted by molar-refractivity contribution is 5.00. The van der Waals surface area contributed by atoms with Crippen molar-refractivity contribution >= 4 is 0 Å². The second-order valence-electron chi connectivity index (χ2n) is 8.85. The first-order valence-corrected chi connectivity index (χ1v) is 10.9. The zero-order valence-corrected chi connectivity index (χ0v) is 19.6. The Morgan fingerprint density at radius 2 is 0.697 bits per heavy atom. The first-order chi connectivity index (χ1) is 15.3. The minimum absolute atomic E-state index is 0.134. The molecule has 0 aromatic rings. The molecule has 0 rings (SSSR count). The summed E-state index contributed by atoms with van der Waals surface area (Å²) in [6, 6.07) is 0. The van der Waals surface area contributed by atoms with Gasteiger partial charge in [-0.3, -0.25) is 0 Å². The van der Waals surface area contributed by atoms with Crippen LogP contribution in [0.15, 0.2) is 75.9 Å². The van der Waals surface area contributed by atoms with Crippen molar-refractivity contribution in [2.24, 2.45) is 10.8 Å². The molecule has 0 bridgehead atoms. The molecular weight excluding hydrogens is 424 g/mol. The molecule has 0 fully saturated rings. The highest BCUT2D eigenvalue weighted by atomic mass is 16.7. The fourth-order valence-corrected chi connectivity index (χ4v) is 4.37. The molecule has 0 aliphatic carbocycles. The topological polar surface area (TPSA) is 131 Å². The molecule has 7 nitrogen and oxygen atoms in total. The molecular formula is C26H42O7. The van der Waals surface area contributed by atoms with Crippen molar-refractivity contribution in [1.29, 1.82) is 0 Å². The average molecular weight is 467 g/mol. The number of rotatable bonds is 20. The highest BCUT2D eigenvalue weighted by Gasteiger charge is 2.47. The lowest BCUT2D eigenvalue weighted by Crippen LogP contribution is -2.54. The summed E-state index contributed by atoms with van der Waals surface area (Å²) in [6.07, 6.45) is 8.59. The zero-order valence-electron chi connectivity index (χ0n) is 19.6. The summed E-state index contributed by atoms with van der Waals surface area (Å²) in [5.74, 6) is -6.67. The Bertz CT molecular complexity index is 545. The molecule has 2 unspecified atom stereocenters. The predicted molar refractivity (Wildman–Crippen MR) is 130 cm³/mol. The molecule has 0 saturated heterocycles. The van der Waals surface area contributed by atoms with Gasteiger partial charge in [0.2, 0.25) is 0 Å². The van der Waals surface area contributed by atoms with Crippen molar-refractivity contribution in [3.63, 3.8) is 0 Å². The van der Waals surface area contributed by atoms with Crippen molar-refractivity contribution < 1.29 is 35.4 Å². The van der Waals surface area contributed by atoms with Crippen LogP contribution in [-0.2, 0) is 4.74 Å². The van der Waals surface area contributed by atoms with Gasteiger partial charge in [-0.15, -0.1) is 39.5 Å². The smallest absolute Gasteiger partial charge is 0.303 e. The molecule has 188 valence electrons. The maximum Gasteiger partial charge on any atom is 0.303 e. The predicted octanol–water partition coefficient (Wildman–Crippen LogP) is 3.21. The van der Waals surface area contributed by atoms with Gasteiger partial charge in [0, 0.05) is 0 Å². The third kappa shape index (κ3) is 10.3. The number of hydrogen-bond donors (Lipinski definition) is 6. The molecule has 2 atom stereocenters. The quantitative estimate of drug-likeness (QED) is 0.120. The van der Waals surface area contributed by atoms with Gasteiger partial charge in [0.15, 0.2) is 0 Å².